The largest absolute Gasteiger partial charge is 0.462 e. The molecule has 2 heterocycles. The van der Waals surface area contributed by atoms with Crippen LogP contribution < -0.4 is 5.32 Å². The fourth-order valence-electron chi connectivity index (χ4n) is 3.85. The van der Waals surface area contributed by atoms with Gasteiger partial charge in [0, 0.05) is 5.69 Å². The summed E-state index contributed by atoms with van der Waals surface area (Å²) < 4.78 is 39.2. The summed E-state index contributed by atoms with van der Waals surface area (Å²) in [7, 11) is 0. The molecule has 1 saturated heterocycles. The number of ether oxygens (including phenoxy) is 2. The summed E-state index contributed by atoms with van der Waals surface area (Å²) in [6, 6.07) is 9.07. The Bertz CT molecular complexity index is 1570. The van der Waals surface area contributed by atoms with Crippen molar-refractivity contribution in [2.24, 2.45) is 0 Å². The summed E-state index contributed by atoms with van der Waals surface area (Å²) in [6.07, 6.45) is -0.838. The first kappa shape index (κ1) is 30.2. The van der Waals surface area contributed by atoms with Gasteiger partial charge in [0.25, 0.3) is 11.1 Å². The molecule has 0 spiro atoms. The van der Waals surface area contributed by atoms with Crippen LogP contribution >= 0.6 is 11.8 Å². The first-order valence-corrected chi connectivity index (χ1v) is 13.4. The minimum atomic E-state index is -1.07. The van der Waals surface area contributed by atoms with Crippen LogP contribution in [0.2, 0.25) is 0 Å². The number of aromatic nitrogens is 2. The highest BCUT2D eigenvalue weighted by Crippen LogP contribution is 2.40. The van der Waals surface area contributed by atoms with Gasteiger partial charge in [-0.3, -0.25) is 14.4 Å². The molecule has 1 atom stereocenters. The maximum Gasteiger partial charge on any atom is 0.424 e. The average molecular weight is 599 g/mol. The van der Waals surface area contributed by atoms with Crippen LogP contribution in [0.4, 0.5) is 29.9 Å². The van der Waals surface area contributed by atoms with Crippen LogP contribution in [0.3, 0.4) is 0 Å². The van der Waals surface area contributed by atoms with Crippen molar-refractivity contribution in [2.75, 3.05) is 11.9 Å². The number of benzene rings is 2. The zero-order valence-corrected chi connectivity index (χ0v) is 23.6. The number of carbonyl (C=O) groups is 5. The molecule has 1 aromatic heterocycles. The predicted octanol–water partition coefficient (Wildman–Crippen LogP) is 5.83. The SMILES string of the molecule is CCOC(=O)c1c(C=O)nc(-c2c(F)cccc2F)nc1Nc1ccc(C2SC(=O)N(C(=O)OC(C)(C)C)C2=O)cc1. The van der Waals surface area contributed by atoms with Gasteiger partial charge in [-0.05, 0) is 69.3 Å². The van der Waals surface area contributed by atoms with Gasteiger partial charge >= 0.3 is 12.1 Å². The number of hydrogen-bond acceptors (Lipinski definition) is 11. The van der Waals surface area contributed by atoms with E-state index in [0.717, 1.165) is 18.2 Å². The van der Waals surface area contributed by atoms with Gasteiger partial charge in [0.15, 0.2) is 12.1 Å². The molecule has 2 aromatic carbocycles. The molecule has 0 aliphatic carbocycles. The van der Waals surface area contributed by atoms with Gasteiger partial charge in [0.1, 0.15) is 39.6 Å². The van der Waals surface area contributed by atoms with Crippen LogP contribution in [0, 0.1) is 11.6 Å². The summed E-state index contributed by atoms with van der Waals surface area (Å²) in [5, 5.41) is 1.02. The molecule has 1 aliphatic heterocycles. The van der Waals surface area contributed by atoms with Crippen molar-refractivity contribution in [3.05, 3.63) is 70.9 Å². The number of halogens is 2. The molecule has 3 aromatic rings. The van der Waals surface area contributed by atoms with Crippen LogP contribution in [0.1, 0.15) is 59.4 Å². The lowest BCUT2D eigenvalue weighted by atomic mass is 10.1. The predicted molar refractivity (Wildman–Crippen MR) is 147 cm³/mol. The number of nitrogens with zero attached hydrogens (tertiary/aromatic N) is 3. The monoisotopic (exact) mass is 598 g/mol. The maximum atomic E-state index is 14.5. The molecule has 11 nitrogen and oxygen atoms in total. The number of nitrogens with one attached hydrogen (secondary N) is 1. The minimum absolute atomic E-state index is 0.0406. The van der Waals surface area contributed by atoms with E-state index in [1.54, 1.807) is 27.7 Å². The van der Waals surface area contributed by atoms with Crippen molar-refractivity contribution in [2.45, 2.75) is 38.5 Å². The molecule has 1 aliphatic rings. The van der Waals surface area contributed by atoms with Crippen molar-refractivity contribution >= 4 is 52.8 Å². The molecule has 1 N–H and O–H groups in total. The second kappa shape index (κ2) is 12.0. The Labute approximate surface area is 242 Å². The molecular formula is C28H24F2N4O7S. The van der Waals surface area contributed by atoms with Crippen LogP contribution in [-0.4, -0.2) is 56.6 Å². The van der Waals surface area contributed by atoms with E-state index >= 15 is 0 Å². The smallest absolute Gasteiger partial charge is 0.424 e. The third-order valence-corrected chi connectivity index (χ3v) is 6.71. The molecule has 218 valence electrons. The molecule has 0 radical (unpaired) electrons. The number of imide groups is 3. The van der Waals surface area contributed by atoms with E-state index in [-0.39, 0.29) is 30.0 Å². The van der Waals surface area contributed by atoms with E-state index in [9.17, 15) is 32.8 Å². The number of rotatable bonds is 7. The van der Waals surface area contributed by atoms with Gasteiger partial charge in [-0.1, -0.05) is 18.2 Å². The lowest BCUT2D eigenvalue weighted by molar-refractivity contribution is -0.126. The number of hydrogen-bond donors (Lipinski definition) is 1. The van der Waals surface area contributed by atoms with Gasteiger partial charge in [-0.2, -0.15) is 4.90 Å². The van der Waals surface area contributed by atoms with E-state index < -0.39 is 62.8 Å². The second-order valence-electron chi connectivity index (χ2n) is 9.76. The fourth-order valence-corrected chi connectivity index (χ4v) is 4.82. The third kappa shape index (κ3) is 6.28. The Hall–Kier alpha value is -4.72. The Balaban J connectivity index is 1.67. The van der Waals surface area contributed by atoms with Crippen molar-refractivity contribution in [1.29, 1.82) is 0 Å². The standard InChI is InChI=1S/C28H24F2N4O7S/c1-5-40-25(37)20-18(13-35)32-22(19-16(29)7-6-8-17(19)30)33-23(20)31-15-11-9-14(10-12-15)21-24(36)34(27(39)42-21)26(38)41-28(2,3)4/h6-13,21H,5H2,1-4H3,(H,31,32,33). The van der Waals surface area contributed by atoms with Crippen molar-refractivity contribution < 1.29 is 42.2 Å². The van der Waals surface area contributed by atoms with Gasteiger partial charge in [-0.15, -0.1) is 0 Å². The summed E-state index contributed by atoms with van der Waals surface area (Å²) in [5.41, 5.74) is -1.69. The molecule has 42 heavy (non-hydrogen) atoms. The highest BCUT2D eigenvalue weighted by atomic mass is 32.2. The third-order valence-electron chi connectivity index (χ3n) is 5.61. The van der Waals surface area contributed by atoms with Gasteiger partial charge in [-0.25, -0.2) is 28.3 Å². The maximum absolute atomic E-state index is 14.5. The summed E-state index contributed by atoms with van der Waals surface area (Å²) >= 11 is 0.643. The first-order valence-electron chi connectivity index (χ1n) is 12.5. The van der Waals surface area contributed by atoms with E-state index in [0.29, 0.717) is 22.2 Å². The van der Waals surface area contributed by atoms with Crippen molar-refractivity contribution in [3.63, 3.8) is 0 Å². The Kier molecular flexibility index (Phi) is 8.66. The van der Waals surface area contributed by atoms with E-state index in [1.165, 1.54) is 24.3 Å². The van der Waals surface area contributed by atoms with Crippen LogP contribution in [0.25, 0.3) is 11.4 Å². The molecule has 3 amide bonds. The number of thioether (sulfide) groups is 1. The van der Waals surface area contributed by atoms with Crippen LogP contribution in [0.15, 0.2) is 42.5 Å². The number of carbonyl (C=O) groups excluding carboxylic acids is 5. The second-order valence-corrected chi connectivity index (χ2v) is 10.8. The van der Waals surface area contributed by atoms with E-state index in [1.807, 2.05) is 0 Å². The Morgan fingerprint density at radius 2 is 1.71 bits per heavy atom. The summed E-state index contributed by atoms with van der Waals surface area (Å²) in [6.45, 7) is 6.31. The summed E-state index contributed by atoms with van der Waals surface area (Å²) in [5.74, 6) is -4.46. The Morgan fingerprint density at radius 1 is 1.07 bits per heavy atom. The molecular weight excluding hydrogens is 574 g/mol. The lowest BCUT2D eigenvalue weighted by Gasteiger charge is -2.22. The zero-order valence-electron chi connectivity index (χ0n) is 22.8. The van der Waals surface area contributed by atoms with E-state index in [4.69, 9.17) is 9.47 Å². The topological polar surface area (TPSA) is 145 Å². The molecule has 0 saturated carbocycles. The van der Waals surface area contributed by atoms with Gasteiger partial charge in [0.2, 0.25) is 0 Å². The fraction of sp³-hybridized carbons (Fsp3) is 0.250. The molecule has 1 unspecified atom stereocenters. The van der Waals surface area contributed by atoms with E-state index in [2.05, 4.69) is 15.3 Å². The normalized spacial score (nSPS) is 15.0. The number of aldehydes is 1. The lowest BCUT2D eigenvalue weighted by Crippen LogP contribution is -2.40. The van der Waals surface area contributed by atoms with Crippen molar-refractivity contribution in [3.8, 4) is 11.4 Å². The van der Waals surface area contributed by atoms with Crippen LogP contribution in [-0.2, 0) is 14.3 Å². The number of anilines is 2. The highest BCUT2D eigenvalue weighted by molar-refractivity contribution is 8.15. The summed E-state index contributed by atoms with van der Waals surface area (Å²) in [4.78, 5) is 70.8. The highest BCUT2D eigenvalue weighted by Gasteiger charge is 2.46. The first-order chi connectivity index (χ1) is 19.8. The molecule has 0 bridgehead atoms. The number of esters is 1. The number of amides is 3. The van der Waals surface area contributed by atoms with Gasteiger partial charge < -0.3 is 14.8 Å². The van der Waals surface area contributed by atoms with Gasteiger partial charge in [0.05, 0.1) is 12.2 Å². The Morgan fingerprint density at radius 3 is 2.29 bits per heavy atom. The molecule has 1 fully saturated rings. The zero-order chi connectivity index (χ0) is 30.8. The molecule has 14 heteroatoms. The quantitative estimate of drug-likeness (QED) is 0.259. The van der Waals surface area contributed by atoms with Crippen molar-refractivity contribution in [1.82, 2.24) is 14.9 Å². The minimum Gasteiger partial charge on any atom is -0.462 e. The van der Waals surface area contributed by atoms with Crippen LogP contribution in [0.5, 0.6) is 0 Å². The molecule has 4 rings (SSSR count). The average Bonchev–Trinajstić information content (AvgIpc) is 3.21.